The summed E-state index contributed by atoms with van der Waals surface area (Å²) >= 11 is 4.00. The van der Waals surface area contributed by atoms with E-state index in [0.717, 1.165) is 50.5 Å². The van der Waals surface area contributed by atoms with Crippen LogP contribution in [0.4, 0.5) is 0 Å². The Hall–Kier alpha value is -0.740. The molecule has 2 N–H and O–H groups in total. The van der Waals surface area contributed by atoms with Crippen LogP contribution in [0.25, 0.3) is 0 Å². The van der Waals surface area contributed by atoms with Gasteiger partial charge in [-0.25, -0.2) is 0 Å². The Balaban J connectivity index is 1.54. The molecule has 0 bridgehead atoms. The number of aliphatic hydroxyl groups is 1. The highest BCUT2D eigenvalue weighted by Gasteiger charge is 2.48. The SMILES string of the molecule is CC12CCC/C(=C\C=C3\CCCC(O)C3)C1CCC2CCCCNC(=O)CS. The van der Waals surface area contributed by atoms with Gasteiger partial charge in [0, 0.05) is 6.54 Å². The Kier molecular flexibility index (Phi) is 8.11. The summed E-state index contributed by atoms with van der Waals surface area (Å²) in [6.45, 7) is 3.33. The first kappa shape index (κ1) is 22.0. The molecule has 0 aromatic carbocycles. The summed E-state index contributed by atoms with van der Waals surface area (Å²) in [4.78, 5) is 11.3. The summed E-state index contributed by atoms with van der Waals surface area (Å²) in [5, 5.41) is 12.9. The fraction of sp³-hybridized carbons (Fsp3) is 0.792. The quantitative estimate of drug-likeness (QED) is 0.402. The highest BCUT2D eigenvalue weighted by Crippen LogP contribution is 2.58. The van der Waals surface area contributed by atoms with Crippen LogP contribution in [0.3, 0.4) is 0 Å². The van der Waals surface area contributed by atoms with Gasteiger partial charge in [0.1, 0.15) is 0 Å². The van der Waals surface area contributed by atoms with Crippen LogP contribution in [0.1, 0.15) is 84.0 Å². The van der Waals surface area contributed by atoms with Crippen molar-refractivity contribution in [3.8, 4) is 0 Å². The van der Waals surface area contributed by atoms with E-state index >= 15 is 0 Å². The zero-order valence-electron chi connectivity index (χ0n) is 17.6. The van der Waals surface area contributed by atoms with Gasteiger partial charge in [-0.3, -0.25) is 4.79 Å². The molecule has 3 aliphatic carbocycles. The maximum atomic E-state index is 11.3. The molecule has 3 fully saturated rings. The first-order chi connectivity index (χ1) is 13.5. The van der Waals surface area contributed by atoms with Crippen molar-refractivity contribution in [3.05, 3.63) is 23.3 Å². The maximum Gasteiger partial charge on any atom is 0.229 e. The lowest BCUT2D eigenvalue weighted by Crippen LogP contribution is -2.33. The molecule has 3 nitrogen and oxygen atoms in total. The number of carbonyl (C=O) groups excluding carboxylic acids is 1. The Bertz CT molecular complexity index is 599. The van der Waals surface area contributed by atoms with E-state index in [1.165, 1.54) is 50.5 Å². The van der Waals surface area contributed by atoms with Crippen molar-refractivity contribution in [1.29, 1.82) is 0 Å². The van der Waals surface area contributed by atoms with Crippen molar-refractivity contribution in [3.63, 3.8) is 0 Å². The van der Waals surface area contributed by atoms with E-state index in [1.807, 2.05) is 0 Å². The van der Waals surface area contributed by atoms with Crippen LogP contribution in [0.15, 0.2) is 23.3 Å². The summed E-state index contributed by atoms with van der Waals surface area (Å²) < 4.78 is 0. The van der Waals surface area contributed by atoms with Gasteiger partial charge < -0.3 is 10.4 Å². The van der Waals surface area contributed by atoms with Gasteiger partial charge in [-0.15, -0.1) is 0 Å². The molecule has 0 radical (unpaired) electrons. The second kappa shape index (κ2) is 10.3. The second-order valence-electron chi connectivity index (χ2n) is 9.51. The van der Waals surface area contributed by atoms with Crippen LogP contribution in [0.2, 0.25) is 0 Å². The average molecular weight is 406 g/mol. The number of fused-ring (bicyclic) bond motifs is 1. The Morgan fingerprint density at radius 3 is 2.86 bits per heavy atom. The van der Waals surface area contributed by atoms with Crippen LogP contribution >= 0.6 is 12.6 Å². The first-order valence-corrected chi connectivity index (χ1v) is 12.1. The Morgan fingerprint density at radius 1 is 1.21 bits per heavy atom. The minimum atomic E-state index is -0.122. The van der Waals surface area contributed by atoms with E-state index in [2.05, 4.69) is 37.0 Å². The molecule has 0 aliphatic heterocycles. The van der Waals surface area contributed by atoms with E-state index in [1.54, 1.807) is 5.57 Å². The van der Waals surface area contributed by atoms with Crippen molar-refractivity contribution in [2.24, 2.45) is 17.3 Å². The molecule has 3 rings (SSSR count). The summed E-state index contributed by atoms with van der Waals surface area (Å²) in [5.41, 5.74) is 3.57. The smallest absolute Gasteiger partial charge is 0.229 e. The molecule has 4 heteroatoms. The fourth-order valence-electron chi connectivity index (χ4n) is 6.07. The van der Waals surface area contributed by atoms with E-state index in [9.17, 15) is 9.90 Å². The standard InChI is InChI=1S/C24H39NO2S/c1-24-14-5-7-19(11-10-18-6-4-9-21(26)16-18)22(24)13-12-20(24)8-2-3-15-25-23(27)17-28/h10-11,20-22,26,28H,2-9,12-17H2,1H3,(H,25,27)/b18-10-,19-11+. The number of allylic oxidation sites excluding steroid dienone is 3. The molecule has 0 aromatic heterocycles. The largest absolute Gasteiger partial charge is 0.393 e. The third-order valence-electron chi connectivity index (χ3n) is 7.67. The fourth-order valence-corrected chi connectivity index (χ4v) is 6.18. The van der Waals surface area contributed by atoms with Crippen molar-refractivity contribution in [2.45, 2.75) is 90.1 Å². The number of hydrogen-bond acceptors (Lipinski definition) is 3. The highest BCUT2D eigenvalue weighted by atomic mass is 32.1. The second-order valence-corrected chi connectivity index (χ2v) is 9.82. The van der Waals surface area contributed by atoms with E-state index < -0.39 is 0 Å². The van der Waals surface area contributed by atoms with Crippen molar-refractivity contribution in [2.75, 3.05) is 12.3 Å². The zero-order chi connectivity index (χ0) is 20.0. The molecular formula is C24H39NO2S. The third kappa shape index (κ3) is 5.44. The van der Waals surface area contributed by atoms with E-state index in [4.69, 9.17) is 0 Å². The minimum absolute atomic E-state index is 0.0397. The molecule has 28 heavy (non-hydrogen) atoms. The van der Waals surface area contributed by atoms with Crippen molar-refractivity contribution < 1.29 is 9.90 Å². The minimum Gasteiger partial charge on any atom is -0.393 e. The van der Waals surface area contributed by atoms with Gasteiger partial charge in [0.2, 0.25) is 5.91 Å². The lowest BCUT2D eigenvalue weighted by Gasteiger charge is -2.42. The average Bonchev–Trinajstić information content (AvgIpc) is 3.02. The normalized spacial score (nSPS) is 35.9. The molecule has 0 spiro atoms. The van der Waals surface area contributed by atoms with E-state index in [0.29, 0.717) is 5.41 Å². The predicted molar refractivity (Wildman–Crippen MR) is 120 cm³/mol. The van der Waals surface area contributed by atoms with Gasteiger partial charge in [-0.2, -0.15) is 12.6 Å². The Labute approximate surface area is 176 Å². The van der Waals surface area contributed by atoms with Crippen molar-refractivity contribution >= 4 is 18.5 Å². The molecule has 1 amide bonds. The predicted octanol–water partition coefficient (Wildman–Crippen LogP) is 5.21. The number of thiol groups is 1. The summed E-state index contributed by atoms with van der Waals surface area (Å²) in [6.07, 6.45) is 19.0. The summed E-state index contributed by atoms with van der Waals surface area (Å²) in [6, 6.07) is 0. The molecule has 3 saturated carbocycles. The maximum absolute atomic E-state index is 11.3. The molecule has 4 atom stereocenters. The summed E-state index contributed by atoms with van der Waals surface area (Å²) in [5.74, 6) is 1.90. The number of amides is 1. The number of aliphatic hydroxyl groups excluding tert-OH is 1. The van der Waals surface area contributed by atoms with Crippen LogP contribution in [0.5, 0.6) is 0 Å². The van der Waals surface area contributed by atoms with Crippen LogP contribution in [-0.4, -0.2) is 29.4 Å². The molecular weight excluding hydrogens is 366 g/mol. The first-order valence-electron chi connectivity index (χ1n) is 11.5. The number of nitrogens with one attached hydrogen (secondary N) is 1. The molecule has 158 valence electrons. The highest BCUT2D eigenvalue weighted by molar-refractivity contribution is 7.81. The van der Waals surface area contributed by atoms with Crippen LogP contribution in [0, 0.1) is 17.3 Å². The van der Waals surface area contributed by atoms with E-state index in [-0.39, 0.29) is 17.8 Å². The van der Waals surface area contributed by atoms with Gasteiger partial charge in [-0.05, 0) is 87.9 Å². The zero-order valence-corrected chi connectivity index (χ0v) is 18.5. The van der Waals surface area contributed by atoms with Gasteiger partial charge in [0.25, 0.3) is 0 Å². The number of unbranched alkanes of at least 4 members (excludes halogenated alkanes) is 1. The third-order valence-corrected chi connectivity index (χ3v) is 7.96. The molecule has 0 saturated heterocycles. The molecule has 0 heterocycles. The lowest BCUT2D eigenvalue weighted by atomic mass is 9.62. The molecule has 4 unspecified atom stereocenters. The molecule has 0 aromatic rings. The summed E-state index contributed by atoms with van der Waals surface area (Å²) in [7, 11) is 0. The number of rotatable bonds is 7. The Morgan fingerprint density at radius 2 is 2.07 bits per heavy atom. The number of hydrogen-bond donors (Lipinski definition) is 3. The van der Waals surface area contributed by atoms with Gasteiger partial charge in [-0.1, -0.05) is 36.6 Å². The number of carbonyl (C=O) groups is 1. The molecule has 3 aliphatic rings. The van der Waals surface area contributed by atoms with Gasteiger partial charge in [0.15, 0.2) is 0 Å². The monoisotopic (exact) mass is 405 g/mol. The van der Waals surface area contributed by atoms with Gasteiger partial charge >= 0.3 is 0 Å². The van der Waals surface area contributed by atoms with Crippen LogP contribution in [-0.2, 0) is 4.79 Å². The van der Waals surface area contributed by atoms with Crippen molar-refractivity contribution in [1.82, 2.24) is 5.32 Å². The lowest BCUT2D eigenvalue weighted by molar-refractivity contribution is -0.118. The van der Waals surface area contributed by atoms with Crippen LogP contribution < -0.4 is 5.32 Å². The topological polar surface area (TPSA) is 49.3 Å². The van der Waals surface area contributed by atoms with Gasteiger partial charge in [0.05, 0.1) is 11.9 Å².